The maximum atomic E-state index is 12.8. The third kappa shape index (κ3) is 5.47. The molecule has 27 heavy (non-hydrogen) atoms. The van der Waals surface area contributed by atoms with E-state index in [9.17, 15) is 8.42 Å². The summed E-state index contributed by atoms with van der Waals surface area (Å²) in [7, 11) is 0.0552. The largest absolute Gasteiger partial charge is 0.496 e. The predicted octanol–water partition coefficient (Wildman–Crippen LogP) is 3.93. The van der Waals surface area contributed by atoms with Crippen molar-refractivity contribution < 1.29 is 13.2 Å². The molecule has 0 amide bonds. The number of ether oxygens (including phenoxy) is 1. The highest BCUT2D eigenvalue weighted by Crippen LogP contribution is 2.31. The maximum absolute atomic E-state index is 12.8. The molecule has 0 aliphatic rings. The summed E-state index contributed by atoms with van der Waals surface area (Å²) in [5.41, 5.74) is 2.70. The first-order valence-electron chi connectivity index (χ1n) is 9.20. The van der Waals surface area contributed by atoms with Crippen molar-refractivity contribution in [3.05, 3.63) is 53.6 Å². The van der Waals surface area contributed by atoms with E-state index < -0.39 is 10.0 Å². The standard InChI is InChI=1S/C21H30N2O3S/c1-16(2)19-15-21(17(3)14-20(19)26-5)27(24,25)22-12-9-13-23(4)18-10-7-6-8-11-18/h6-8,10-11,14-16,22H,9,12-13H2,1-5H3. The van der Waals surface area contributed by atoms with Crippen molar-refractivity contribution in [3.8, 4) is 5.75 Å². The van der Waals surface area contributed by atoms with E-state index in [1.165, 1.54) is 0 Å². The van der Waals surface area contributed by atoms with Gasteiger partial charge < -0.3 is 9.64 Å². The van der Waals surface area contributed by atoms with Crippen LogP contribution in [0.1, 0.15) is 37.3 Å². The summed E-state index contributed by atoms with van der Waals surface area (Å²) in [6.45, 7) is 7.00. The number of anilines is 1. The fourth-order valence-electron chi connectivity index (χ4n) is 3.01. The fraction of sp³-hybridized carbons (Fsp3) is 0.429. The molecule has 0 aromatic heterocycles. The van der Waals surface area contributed by atoms with Crippen molar-refractivity contribution in [1.82, 2.24) is 4.72 Å². The van der Waals surface area contributed by atoms with Gasteiger partial charge in [-0.1, -0.05) is 32.0 Å². The highest BCUT2D eigenvalue weighted by molar-refractivity contribution is 7.89. The minimum absolute atomic E-state index is 0.175. The lowest BCUT2D eigenvalue weighted by atomic mass is 10.0. The van der Waals surface area contributed by atoms with Crippen molar-refractivity contribution >= 4 is 15.7 Å². The van der Waals surface area contributed by atoms with Crippen LogP contribution in [0.4, 0.5) is 5.69 Å². The molecule has 0 aliphatic heterocycles. The lowest BCUT2D eigenvalue weighted by Gasteiger charge is -2.19. The second-order valence-electron chi connectivity index (χ2n) is 7.02. The molecule has 0 saturated carbocycles. The van der Waals surface area contributed by atoms with Gasteiger partial charge in [0.15, 0.2) is 0 Å². The maximum Gasteiger partial charge on any atom is 0.240 e. The molecule has 1 N–H and O–H groups in total. The summed E-state index contributed by atoms with van der Waals surface area (Å²) >= 11 is 0. The van der Waals surface area contributed by atoms with Gasteiger partial charge in [0.05, 0.1) is 12.0 Å². The van der Waals surface area contributed by atoms with Crippen molar-refractivity contribution in [2.45, 2.75) is 38.0 Å². The van der Waals surface area contributed by atoms with Crippen LogP contribution in [0.3, 0.4) is 0 Å². The van der Waals surface area contributed by atoms with E-state index in [1.54, 1.807) is 26.2 Å². The molecular formula is C21H30N2O3S. The Hall–Kier alpha value is -2.05. The number of nitrogens with zero attached hydrogens (tertiary/aromatic N) is 1. The minimum Gasteiger partial charge on any atom is -0.496 e. The quantitative estimate of drug-likeness (QED) is 0.659. The Balaban J connectivity index is 2.03. The molecule has 2 aromatic rings. The number of rotatable bonds is 9. The molecule has 5 nitrogen and oxygen atoms in total. The van der Waals surface area contributed by atoms with Gasteiger partial charge in [-0.25, -0.2) is 13.1 Å². The summed E-state index contributed by atoms with van der Waals surface area (Å²) in [4.78, 5) is 2.44. The molecule has 148 valence electrons. The summed E-state index contributed by atoms with van der Waals surface area (Å²) in [6, 6.07) is 13.6. The van der Waals surface area contributed by atoms with Crippen molar-refractivity contribution in [3.63, 3.8) is 0 Å². The van der Waals surface area contributed by atoms with Gasteiger partial charge in [-0.15, -0.1) is 0 Å². The van der Waals surface area contributed by atoms with Gasteiger partial charge in [0.2, 0.25) is 10.0 Å². The number of hydrogen-bond acceptors (Lipinski definition) is 4. The zero-order chi connectivity index (χ0) is 20.0. The van der Waals surface area contributed by atoms with Gasteiger partial charge in [-0.2, -0.15) is 0 Å². The molecule has 0 spiro atoms. The van der Waals surface area contributed by atoms with Crippen LogP contribution in [-0.4, -0.2) is 35.7 Å². The normalized spacial score (nSPS) is 11.6. The fourth-order valence-corrected chi connectivity index (χ4v) is 4.34. The summed E-state index contributed by atoms with van der Waals surface area (Å²) in [5, 5.41) is 0. The molecular weight excluding hydrogens is 360 g/mol. The van der Waals surface area contributed by atoms with Crippen molar-refractivity contribution in [1.29, 1.82) is 0 Å². The number of benzene rings is 2. The van der Waals surface area contributed by atoms with Crippen LogP contribution >= 0.6 is 0 Å². The molecule has 6 heteroatoms. The van der Waals surface area contributed by atoms with E-state index in [-0.39, 0.29) is 5.92 Å². The molecule has 2 aromatic carbocycles. The van der Waals surface area contributed by atoms with Crippen LogP contribution in [0.25, 0.3) is 0 Å². The smallest absolute Gasteiger partial charge is 0.240 e. The van der Waals surface area contributed by atoms with Gasteiger partial charge in [0.1, 0.15) is 5.75 Å². The zero-order valence-corrected chi connectivity index (χ0v) is 17.6. The summed E-state index contributed by atoms with van der Waals surface area (Å²) < 4.78 is 33.7. The number of hydrogen-bond donors (Lipinski definition) is 1. The van der Waals surface area contributed by atoms with E-state index in [4.69, 9.17) is 4.74 Å². The monoisotopic (exact) mass is 390 g/mol. The number of sulfonamides is 1. The first-order chi connectivity index (χ1) is 12.8. The number of aryl methyl sites for hydroxylation is 1. The van der Waals surface area contributed by atoms with Gasteiger partial charge in [-0.05, 0) is 54.7 Å². The van der Waals surface area contributed by atoms with Crippen LogP contribution in [-0.2, 0) is 10.0 Å². The number of nitrogens with one attached hydrogen (secondary N) is 1. The Morgan fingerprint density at radius 1 is 1.15 bits per heavy atom. The van der Waals surface area contributed by atoms with E-state index in [1.807, 2.05) is 51.2 Å². The second kappa shape index (κ2) is 9.24. The lowest BCUT2D eigenvalue weighted by Crippen LogP contribution is -2.29. The lowest BCUT2D eigenvalue weighted by molar-refractivity contribution is 0.406. The van der Waals surface area contributed by atoms with Crippen LogP contribution < -0.4 is 14.4 Å². The number of para-hydroxylation sites is 1. The molecule has 0 atom stereocenters. The van der Waals surface area contributed by atoms with Crippen molar-refractivity contribution in [2.75, 3.05) is 32.1 Å². The van der Waals surface area contributed by atoms with E-state index in [0.29, 0.717) is 17.0 Å². The summed E-state index contributed by atoms with van der Waals surface area (Å²) in [5.74, 6) is 0.903. The van der Waals surface area contributed by atoms with Crippen LogP contribution in [0.5, 0.6) is 5.75 Å². The highest BCUT2D eigenvalue weighted by Gasteiger charge is 2.20. The van der Waals surface area contributed by atoms with E-state index in [0.717, 1.165) is 30.0 Å². The highest BCUT2D eigenvalue weighted by atomic mass is 32.2. The Morgan fingerprint density at radius 3 is 2.41 bits per heavy atom. The Morgan fingerprint density at radius 2 is 1.81 bits per heavy atom. The van der Waals surface area contributed by atoms with Gasteiger partial charge in [0, 0.05) is 25.8 Å². The average molecular weight is 391 g/mol. The first-order valence-corrected chi connectivity index (χ1v) is 10.7. The average Bonchev–Trinajstić information content (AvgIpc) is 2.65. The molecule has 0 radical (unpaired) electrons. The van der Waals surface area contributed by atoms with E-state index in [2.05, 4.69) is 9.62 Å². The molecule has 0 heterocycles. The predicted molar refractivity (Wildman–Crippen MR) is 111 cm³/mol. The van der Waals surface area contributed by atoms with Crippen molar-refractivity contribution in [2.24, 2.45) is 0 Å². The Labute approximate surface area is 163 Å². The van der Waals surface area contributed by atoms with Crippen LogP contribution in [0, 0.1) is 6.92 Å². The molecule has 2 rings (SSSR count). The Kier molecular flexibility index (Phi) is 7.27. The third-order valence-electron chi connectivity index (χ3n) is 4.60. The second-order valence-corrected chi connectivity index (χ2v) is 8.76. The third-order valence-corrected chi connectivity index (χ3v) is 6.20. The number of methoxy groups -OCH3 is 1. The molecule has 0 bridgehead atoms. The van der Waals surface area contributed by atoms with E-state index >= 15 is 0 Å². The molecule has 0 fully saturated rings. The SMILES string of the molecule is COc1cc(C)c(S(=O)(=O)NCCCN(C)c2ccccc2)cc1C(C)C. The zero-order valence-electron chi connectivity index (χ0n) is 16.8. The minimum atomic E-state index is -3.56. The Bertz CT molecular complexity index is 849. The van der Waals surface area contributed by atoms with Crippen LogP contribution in [0.15, 0.2) is 47.4 Å². The molecule has 0 saturated heterocycles. The van der Waals surface area contributed by atoms with Gasteiger partial charge >= 0.3 is 0 Å². The molecule has 0 aliphatic carbocycles. The van der Waals surface area contributed by atoms with Gasteiger partial charge in [-0.3, -0.25) is 0 Å². The van der Waals surface area contributed by atoms with Gasteiger partial charge in [0.25, 0.3) is 0 Å². The first kappa shape index (κ1) is 21.3. The topological polar surface area (TPSA) is 58.6 Å². The van der Waals surface area contributed by atoms with Crippen LogP contribution in [0.2, 0.25) is 0 Å². The molecule has 0 unspecified atom stereocenters. The summed E-state index contributed by atoms with van der Waals surface area (Å²) in [6.07, 6.45) is 0.719.